The van der Waals surface area contributed by atoms with Gasteiger partial charge in [0.05, 0.1) is 0 Å². The molecule has 0 bridgehead atoms. The summed E-state index contributed by atoms with van der Waals surface area (Å²) in [6.07, 6.45) is 7.90. The summed E-state index contributed by atoms with van der Waals surface area (Å²) in [7, 11) is 0. The van der Waals surface area contributed by atoms with Crippen LogP contribution in [0.4, 0.5) is 5.82 Å². The molecule has 1 aliphatic carbocycles. The van der Waals surface area contributed by atoms with Gasteiger partial charge in [0.15, 0.2) is 0 Å². The minimum Gasteiger partial charge on any atom is -0.349 e. The molecule has 0 saturated carbocycles. The lowest BCUT2D eigenvalue weighted by atomic mass is 9.98. The van der Waals surface area contributed by atoms with Crippen LogP contribution in [-0.4, -0.2) is 35.1 Å². The van der Waals surface area contributed by atoms with Crippen LogP contribution in [0.5, 0.6) is 0 Å². The van der Waals surface area contributed by atoms with E-state index >= 15 is 0 Å². The average Bonchev–Trinajstić information content (AvgIpc) is 2.63. The Morgan fingerprint density at radius 2 is 2.00 bits per heavy atom. The van der Waals surface area contributed by atoms with E-state index in [9.17, 15) is 0 Å². The highest BCUT2D eigenvalue weighted by atomic mass is 15.3. The van der Waals surface area contributed by atoms with Crippen LogP contribution < -0.4 is 10.2 Å². The molecular weight excluding hydrogens is 236 g/mol. The van der Waals surface area contributed by atoms with Gasteiger partial charge in [-0.1, -0.05) is 6.42 Å². The van der Waals surface area contributed by atoms with Gasteiger partial charge < -0.3 is 10.2 Å². The largest absolute Gasteiger partial charge is 0.349 e. The fourth-order valence-corrected chi connectivity index (χ4v) is 3.29. The standard InChI is InChI=1S/C15H24N4/c1-15(2)10-16-8-9-19(15)14-12-6-4-3-5-7-13(12)17-11-18-14/h11,16H,3-10H2,1-2H3. The molecule has 0 aromatic carbocycles. The van der Waals surface area contributed by atoms with Crippen LogP contribution in [0.1, 0.15) is 44.4 Å². The third kappa shape index (κ3) is 2.46. The third-order valence-electron chi connectivity index (χ3n) is 4.41. The van der Waals surface area contributed by atoms with Gasteiger partial charge in [-0.05, 0) is 39.5 Å². The maximum atomic E-state index is 4.64. The van der Waals surface area contributed by atoms with Crippen molar-refractivity contribution < 1.29 is 0 Å². The van der Waals surface area contributed by atoms with E-state index in [2.05, 4.69) is 34.0 Å². The van der Waals surface area contributed by atoms with E-state index in [1.54, 1.807) is 6.33 Å². The van der Waals surface area contributed by atoms with E-state index in [0.29, 0.717) is 0 Å². The molecule has 4 heteroatoms. The fourth-order valence-electron chi connectivity index (χ4n) is 3.29. The van der Waals surface area contributed by atoms with Crippen molar-refractivity contribution in [3.05, 3.63) is 17.6 Å². The number of aromatic nitrogens is 2. The average molecular weight is 260 g/mol. The lowest BCUT2D eigenvalue weighted by Crippen LogP contribution is -2.58. The zero-order chi connectivity index (χ0) is 13.3. The predicted octanol–water partition coefficient (Wildman–Crippen LogP) is 1.93. The molecular formula is C15H24N4. The molecule has 0 spiro atoms. The van der Waals surface area contributed by atoms with Gasteiger partial charge in [0, 0.05) is 36.4 Å². The molecule has 104 valence electrons. The Morgan fingerprint density at radius 1 is 1.16 bits per heavy atom. The van der Waals surface area contributed by atoms with Crippen LogP contribution in [-0.2, 0) is 12.8 Å². The zero-order valence-corrected chi connectivity index (χ0v) is 12.1. The molecule has 1 fully saturated rings. The van der Waals surface area contributed by atoms with Gasteiger partial charge in [0.25, 0.3) is 0 Å². The Labute approximate surface area is 115 Å². The molecule has 0 amide bonds. The van der Waals surface area contributed by atoms with Gasteiger partial charge in [0.2, 0.25) is 0 Å². The van der Waals surface area contributed by atoms with Crippen molar-refractivity contribution in [3.8, 4) is 0 Å². The molecule has 2 heterocycles. The lowest BCUT2D eigenvalue weighted by Gasteiger charge is -2.44. The molecule has 1 aliphatic heterocycles. The van der Waals surface area contributed by atoms with Gasteiger partial charge in [-0.15, -0.1) is 0 Å². The van der Waals surface area contributed by atoms with Crippen LogP contribution in [0, 0.1) is 0 Å². The fraction of sp³-hybridized carbons (Fsp3) is 0.733. The molecule has 0 atom stereocenters. The number of aryl methyl sites for hydroxylation is 1. The summed E-state index contributed by atoms with van der Waals surface area (Å²) in [6, 6.07) is 0. The summed E-state index contributed by atoms with van der Waals surface area (Å²) < 4.78 is 0. The SMILES string of the molecule is CC1(C)CNCCN1c1ncnc2c1CCCCC2. The highest BCUT2D eigenvalue weighted by molar-refractivity contribution is 5.52. The normalized spacial score (nSPS) is 22.7. The van der Waals surface area contributed by atoms with Gasteiger partial charge >= 0.3 is 0 Å². The van der Waals surface area contributed by atoms with E-state index in [0.717, 1.165) is 32.5 Å². The topological polar surface area (TPSA) is 41.0 Å². The smallest absolute Gasteiger partial charge is 0.135 e. The van der Waals surface area contributed by atoms with Crippen molar-refractivity contribution >= 4 is 5.82 Å². The monoisotopic (exact) mass is 260 g/mol. The van der Waals surface area contributed by atoms with Crippen molar-refractivity contribution in [2.45, 2.75) is 51.5 Å². The van der Waals surface area contributed by atoms with Crippen LogP contribution in [0.2, 0.25) is 0 Å². The van der Waals surface area contributed by atoms with Gasteiger partial charge in [0.1, 0.15) is 12.1 Å². The number of hydrogen-bond acceptors (Lipinski definition) is 4. The van der Waals surface area contributed by atoms with E-state index < -0.39 is 0 Å². The molecule has 2 aliphatic rings. The summed E-state index contributed by atoms with van der Waals surface area (Å²) in [4.78, 5) is 11.7. The van der Waals surface area contributed by atoms with E-state index in [1.165, 1.54) is 36.3 Å². The Hall–Kier alpha value is -1.16. The second-order valence-corrected chi connectivity index (χ2v) is 6.32. The number of nitrogens with zero attached hydrogens (tertiary/aromatic N) is 3. The van der Waals surface area contributed by atoms with Gasteiger partial charge in [-0.2, -0.15) is 0 Å². The Kier molecular flexibility index (Phi) is 3.44. The Balaban J connectivity index is 2.00. The minimum atomic E-state index is 0.132. The Morgan fingerprint density at radius 3 is 2.84 bits per heavy atom. The first kappa shape index (κ1) is 12.9. The first-order valence-electron chi connectivity index (χ1n) is 7.49. The number of anilines is 1. The van der Waals surface area contributed by atoms with Crippen molar-refractivity contribution in [3.63, 3.8) is 0 Å². The Bertz CT molecular complexity index is 455. The number of piperazine rings is 1. The van der Waals surface area contributed by atoms with E-state index in [1.807, 2.05) is 0 Å². The van der Waals surface area contributed by atoms with Crippen molar-refractivity contribution in [2.24, 2.45) is 0 Å². The maximum Gasteiger partial charge on any atom is 0.135 e. The van der Waals surface area contributed by atoms with Crippen LogP contribution in [0.15, 0.2) is 6.33 Å². The van der Waals surface area contributed by atoms with Crippen LogP contribution in [0.25, 0.3) is 0 Å². The minimum absolute atomic E-state index is 0.132. The molecule has 1 N–H and O–H groups in total. The molecule has 1 saturated heterocycles. The summed E-state index contributed by atoms with van der Waals surface area (Å²) >= 11 is 0. The van der Waals surface area contributed by atoms with Crippen LogP contribution in [0.3, 0.4) is 0 Å². The molecule has 3 rings (SSSR count). The quantitative estimate of drug-likeness (QED) is 0.783. The van der Waals surface area contributed by atoms with Crippen LogP contribution >= 0.6 is 0 Å². The molecule has 1 aromatic heterocycles. The van der Waals surface area contributed by atoms with Gasteiger partial charge in [-0.3, -0.25) is 0 Å². The van der Waals surface area contributed by atoms with E-state index in [4.69, 9.17) is 0 Å². The number of nitrogens with one attached hydrogen (secondary N) is 1. The summed E-state index contributed by atoms with van der Waals surface area (Å²) in [5.41, 5.74) is 2.83. The molecule has 0 unspecified atom stereocenters. The van der Waals surface area contributed by atoms with Gasteiger partial charge in [-0.25, -0.2) is 9.97 Å². The number of rotatable bonds is 1. The predicted molar refractivity (Wildman–Crippen MR) is 77.6 cm³/mol. The lowest BCUT2D eigenvalue weighted by molar-refractivity contribution is 0.376. The molecule has 0 radical (unpaired) electrons. The number of hydrogen-bond donors (Lipinski definition) is 1. The second kappa shape index (κ2) is 5.08. The van der Waals surface area contributed by atoms with Crippen molar-refractivity contribution in [1.82, 2.24) is 15.3 Å². The first-order chi connectivity index (χ1) is 9.18. The second-order valence-electron chi connectivity index (χ2n) is 6.32. The molecule has 4 nitrogen and oxygen atoms in total. The summed E-state index contributed by atoms with van der Waals surface area (Å²) in [6.45, 7) is 7.69. The molecule has 1 aromatic rings. The van der Waals surface area contributed by atoms with E-state index in [-0.39, 0.29) is 5.54 Å². The summed E-state index contributed by atoms with van der Waals surface area (Å²) in [5.74, 6) is 1.19. The summed E-state index contributed by atoms with van der Waals surface area (Å²) in [5, 5.41) is 3.48. The maximum absolute atomic E-state index is 4.64. The highest BCUT2D eigenvalue weighted by Gasteiger charge is 2.32. The zero-order valence-electron chi connectivity index (χ0n) is 12.1. The third-order valence-corrected chi connectivity index (χ3v) is 4.41. The number of fused-ring (bicyclic) bond motifs is 1. The first-order valence-corrected chi connectivity index (χ1v) is 7.49. The van der Waals surface area contributed by atoms with Crippen molar-refractivity contribution in [1.29, 1.82) is 0 Å². The highest BCUT2D eigenvalue weighted by Crippen LogP contribution is 2.31. The van der Waals surface area contributed by atoms with Crippen molar-refractivity contribution in [2.75, 3.05) is 24.5 Å². The molecule has 19 heavy (non-hydrogen) atoms.